The molecule has 1 amide bonds. The van der Waals surface area contributed by atoms with Crippen LogP contribution in [0.25, 0.3) is 0 Å². The van der Waals surface area contributed by atoms with Gasteiger partial charge in [0.2, 0.25) is 5.91 Å². The highest BCUT2D eigenvalue weighted by Crippen LogP contribution is 2.26. The number of rotatable bonds is 3. The van der Waals surface area contributed by atoms with E-state index in [0.717, 1.165) is 23.4 Å². The van der Waals surface area contributed by atoms with Crippen molar-refractivity contribution in [1.82, 2.24) is 0 Å². The van der Waals surface area contributed by atoms with Gasteiger partial charge in [-0.25, -0.2) is 0 Å². The van der Waals surface area contributed by atoms with E-state index in [-0.39, 0.29) is 11.9 Å². The monoisotopic (exact) mass is 236 g/mol. The summed E-state index contributed by atoms with van der Waals surface area (Å²) < 4.78 is 0. The molecule has 0 spiro atoms. The van der Waals surface area contributed by atoms with E-state index in [2.05, 4.69) is 17.6 Å². The molecule has 86 valence electrons. The van der Waals surface area contributed by atoms with Gasteiger partial charge in [0.1, 0.15) is 0 Å². The van der Waals surface area contributed by atoms with Crippen molar-refractivity contribution in [3.05, 3.63) is 29.3 Å². The number of hydrogen-bond donors (Lipinski definition) is 2. The fourth-order valence-corrected chi connectivity index (χ4v) is 2.46. The molecule has 1 heterocycles. The van der Waals surface area contributed by atoms with Gasteiger partial charge in [-0.2, -0.15) is 11.8 Å². The lowest BCUT2D eigenvalue weighted by molar-refractivity contribution is -0.116. The van der Waals surface area contributed by atoms with Crippen molar-refractivity contribution in [1.29, 1.82) is 0 Å². The molecule has 0 aromatic heterocycles. The molecule has 0 saturated carbocycles. The van der Waals surface area contributed by atoms with Gasteiger partial charge in [0, 0.05) is 23.9 Å². The topological polar surface area (TPSA) is 55.1 Å². The van der Waals surface area contributed by atoms with Gasteiger partial charge >= 0.3 is 0 Å². The average molecular weight is 236 g/mol. The van der Waals surface area contributed by atoms with Crippen molar-refractivity contribution in [3.63, 3.8) is 0 Å². The van der Waals surface area contributed by atoms with Crippen LogP contribution in [0.15, 0.2) is 18.2 Å². The summed E-state index contributed by atoms with van der Waals surface area (Å²) in [5.74, 6) is 1.03. The highest BCUT2D eigenvalue weighted by atomic mass is 32.2. The van der Waals surface area contributed by atoms with E-state index < -0.39 is 0 Å². The summed E-state index contributed by atoms with van der Waals surface area (Å²) in [5.41, 5.74) is 9.36. The zero-order valence-corrected chi connectivity index (χ0v) is 10.1. The third-order valence-electron chi connectivity index (χ3n) is 2.80. The van der Waals surface area contributed by atoms with Crippen molar-refractivity contribution in [3.8, 4) is 0 Å². The SMILES string of the molecule is CSCC(N)c1ccc2c(c1)CCC(=O)N2. The van der Waals surface area contributed by atoms with Crippen LogP contribution in [0.2, 0.25) is 0 Å². The number of carbonyl (C=O) groups is 1. The van der Waals surface area contributed by atoms with Crippen molar-refractivity contribution in [2.45, 2.75) is 18.9 Å². The maximum absolute atomic E-state index is 11.2. The predicted octanol–water partition coefficient (Wildman–Crippen LogP) is 1.93. The number of amides is 1. The molecule has 0 bridgehead atoms. The van der Waals surface area contributed by atoms with Gasteiger partial charge in [-0.3, -0.25) is 4.79 Å². The molecule has 16 heavy (non-hydrogen) atoms. The lowest BCUT2D eigenvalue weighted by Crippen LogP contribution is -2.20. The molecule has 1 aliphatic rings. The molecule has 1 aliphatic heterocycles. The third-order valence-corrected chi connectivity index (χ3v) is 3.49. The Morgan fingerprint density at radius 2 is 2.31 bits per heavy atom. The Balaban J connectivity index is 2.22. The number of thioether (sulfide) groups is 1. The van der Waals surface area contributed by atoms with Crippen molar-refractivity contribution < 1.29 is 4.79 Å². The largest absolute Gasteiger partial charge is 0.326 e. The van der Waals surface area contributed by atoms with Crippen LogP contribution >= 0.6 is 11.8 Å². The van der Waals surface area contributed by atoms with Crippen LogP contribution in [-0.4, -0.2) is 17.9 Å². The summed E-state index contributed by atoms with van der Waals surface area (Å²) in [5, 5.41) is 2.87. The molecule has 2 rings (SSSR count). The Labute approximate surface area is 99.8 Å². The van der Waals surface area contributed by atoms with E-state index in [1.54, 1.807) is 11.8 Å². The Kier molecular flexibility index (Phi) is 3.51. The molecule has 1 aromatic carbocycles. The van der Waals surface area contributed by atoms with Gasteiger partial charge < -0.3 is 11.1 Å². The molecule has 1 atom stereocenters. The molecule has 4 heteroatoms. The third kappa shape index (κ3) is 2.39. The number of aryl methyl sites for hydroxylation is 1. The van der Waals surface area contributed by atoms with Crippen LogP contribution in [0.1, 0.15) is 23.6 Å². The van der Waals surface area contributed by atoms with Gasteiger partial charge in [0.05, 0.1) is 0 Å². The first kappa shape index (κ1) is 11.5. The van der Waals surface area contributed by atoms with E-state index in [1.165, 1.54) is 5.56 Å². The maximum atomic E-state index is 11.2. The first-order valence-corrected chi connectivity index (χ1v) is 6.77. The van der Waals surface area contributed by atoms with E-state index in [1.807, 2.05) is 12.1 Å². The van der Waals surface area contributed by atoms with Crippen LogP contribution in [0, 0.1) is 0 Å². The molecule has 1 unspecified atom stereocenters. The van der Waals surface area contributed by atoms with Gasteiger partial charge in [-0.15, -0.1) is 0 Å². The summed E-state index contributed by atoms with van der Waals surface area (Å²) in [4.78, 5) is 11.2. The molecule has 0 fully saturated rings. The molecule has 0 saturated heterocycles. The highest BCUT2D eigenvalue weighted by molar-refractivity contribution is 7.98. The Hall–Kier alpha value is -1.00. The van der Waals surface area contributed by atoms with E-state index in [0.29, 0.717) is 6.42 Å². The number of carbonyl (C=O) groups excluding carboxylic acids is 1. The number of anilines is 1. The molecule has 1 aromatic rings. The quantitative estimate of drug-likeness (QED) is 0.843. The van der Waals surface area contributed by atoms with E-state index >= 15 is 0 Å². The van der Waals surface area contributed by atoms with Gasteiger partial charge in [0.15, 0.2) is 0 Å². The van der Waals surface area contributed by atoms with E-state index in [9.17, 15) is 4.79 Å². The summed E-state index contributed by atoms with van der Waals surface area (Å²) in [6.07, 6.45) is 3.45. The second-order valence-electron chi connectivity index (χ2n) is 4.03. The lowest BCUT2D eigenvalue weighted by Gasteiger charge is -2.19. The summed E-state index contributed by atoms with van der Waals surface area (Å²) >= 11 is 1.75. The second-order valence-corrected chi connectivity index (χ2v) is 4.94. The van der Waals surface area contributed by atoms with Crippen LogP contribution < -0.4 is 11.1 Å². The van der Waals surface area contributed by atoms with Crippen molar-refractivity contribution in [2.24, 2.45) is 5.73 Å². The summed E-state index contributed by atoms with van der Waals surface area (Å²) in [7, 11) is 0. The fraction of sp³-hybridized carbons (Fsp3) is 0.417. The van der Waals surface area contributed by atoms with Crippen LogP contribution in [-0.2, 0) is 11.2 Å². The number of fused-ring (bicyclic) bond motifs is 1. The van der Waals surface area contributed by atoms with Crippen LogP contribution in [0.5, 0.6) is 0 Å². The normalized spacial score (nSPS) is 16.5. The Morgan fingerprint density at radius 1 is 1.50 bits per heavy atom. The minimum atomic E-state index is 0.0814. The number of nitrogens with one attached hydrogen (secondary N) is 1. The maximum Gasteiger partial charge on any atom is 0.224 e. The first-order chi connectivity index (χ1) is 7.70. The first-order valence-electron chi connectivity index (χ1n) is 5.38. The van der Waals surface area contributed by atoms with Gasteiger partial charge in [-0.05, 0) is 29.9 Å². The summed E-state index contributed by atoms with van der Waals surface area (Å²) in [6.45, 7) is 0. The molecule has 0 aliphatic carbocycles. The molecule has 3 nitrogen and oxygen atoms in total. The Morgan fingerprint density at radius 3 is 3.06 bits per heavy atom. The summed E-state index contributed by atoms with van der Waals surface area (Å²) in [6, 6.07) is 6.17. The van der Waals surface area contributed by atoms with E-state index in [4.69, 9.17) is 5.73 Å². The van der Waals surface area contributed by atoms with Gasteiger partial charge in [0.25, 0.3) is 0 Å². The molecule has 0 radical (unpaired) electrons. The smallest absolute Gasteiger partial charge is 0.224 e. The van der Waals surface area contributed by atoms with Crippen LogP contribution in [0.4, 0.5) is 5.69 Å². The Bertz CT molecular complexity index is 406. The minimum Gasteiger partial charge on any atom is -0.326 e. The number of benzene rings is 1. The zero-order chi connectivity index (χ0) is 11.5. The highest BCUT2D eigenvalue weighted by Gasteiger charge is 2.16. The lowest BCUT2D eigenvalue weighted by atomic mass is 9.98. The predicted molar refractivity (Wildman–Crippen MR) is 68.7 cm³/mol. The van der Waals surface area contributed by atoms with Crippen LogP contribution in [0.3, 0.4) is 0 Å². The fourth-order valence-electron chi connectivity index (χ4n) is 1.91. The molecular weight excluding hydrogens is 220 g/mol. The van der Waals surface area contributed by atoms with Gasteiger partial charge in [-0.1, -0.05) is 12.1 Å². The zero-order valence-electron chi connectivity index (χ0n) is 9.32. The standard InChI is InChI=1S/C12H16N2OS/c1-16-7-10(13)8-2-4-11-9(6-8)3-5-12(15)14-11/h2,4,6,10H,3,5,7,13H2,1H3,(H,14,15). The number of nitrogens with two attached hydrogens (primary N) is 1. The second kappa shape index (κ2) is 4.89. The van der Waals surface area contributed by atoms with Crippen molar-refractivity contribution >= 4 is 23.4 Å². The minimum absolute atomic E-state index is 0.0814. The van der Waals surface area contributed by atoms with Crippen molar-refractivity contribution in [2.75, 3.05) is 17.3 Å². The average Bonchev–Trinajstić information content (AvgIpc) is 2.28. The number of hydrogen-bond acceptors (Lipinski definition) is 3. The molecular formula is C12H16N2OS. The molecule has 3 N–H and O–H groups in total.